The molecule has 0 aliphatic carbocycles. The molecule has 0 aromatic heterocycles. The third-order valence-corrected chi connectivity index (χ3v) is 0. The van der Waals surface area contributed by atoms with Crippen LogP contribution in [0.5, 0.6) is 0 Å². The number of hydrogen-bond donors (Lipinski definition) is 3. The van der Waals surface area contributed by atoms with Crippen molar-refractivity contribution in [3.05, 3.63) is 0 Å². The van der Waals surface area contributed by atoms with Crippen LogP contribution >= 0.6 is 0 Å². The zero-order valence-electron chi connectivity index (χ0n) is 4.53. The Hall–Kier alpha value is 0.252. The molecule has 0 rings (SSSR count). The van der Waals surface area contributed by atoms with Crippen molar-refractivity contribution in [2.45, 2.75) is 0 Å². The van der Waals surface area contributed by atoms with Gasteiger partial charge in [-0.2, -0.15) is 0 Å². The van der Waals surface area contributed by atoms with Crippen molar-refractivity contribution >= 4 is 0 Å². The summed E-state index contributed by atoms with van der Waals surface area (Å²) in [5.41, 5.74) is 0. The fourth-order valence-corrected chi connectivity index (χ4v) is 0. The molecule has 62 valence electrons. The summed E-state index contributed by atoms with van der Waals surface area (Å²) in [7, 11) is 0. The molecule has 0 bridgehead atoms. The molecule has 0 aromatic carbocycles. The predicted octanol–water partition coefficient (Wildman–Crippen LogP) is -2.82. The molecule has 0 unspecified atom stereocenters. The van der Waals surface area contributed by atoms with Gasteiger partial charge in [0.2, 0.25) is 0 Å². The fraction of sp³-hybridized carbons (Fsp3) is 0. The second-order valence-corrected chi connectivity index (χ2v) is 0. The van der Waals surface area contributed by atoms with Gasteiger partial charge in [-0.25, -0.2) is 0 Å². The normalized spacial score (nSPS) is 0. The smallest absolute Gasteiger partial charge is 0 e. The quantitative estimate of drug-likeness (QED) is 0.353. The van der Waals surface area contributed by atoms with Gasteiger partial charge in [-0.1, -0.05) is 0 Å². The molecule has 0 fully saturated rings. The summed E-state index contributed by atoms with van der Waals surface area (Å²) in [4.78, 5) is 0. The molecule has 7 nitrogen and oxygen atoms in total. The molecule has 8 heteroatoms. The van der Waals surface area contributed by atoms with Gasteiger partial charge in [0.25, 0.3) is 0 Å². The summed E-state index contributed by atoms with van der Waals surface area (Å²) in [6.45, 7) is 0. The Morgan fingerprint density at radius 3 is 0.375 bits per heavy atom. The van der Waals surface area contributed by atoms with E-state index in [1.165, 1.54) is 0 Å². The van der Waals surface area contributed by atoms with Gasteiger partial charge in [0.05, 0.1) is 0 Å². The maximum atomic E-state index is 0. The Balaban J connectivity index is 0. The minimum Gasteiger partial charge on any atom is -0.412 e. The Morgan fingerprint density at radius 1 is 0.375 bits per heavy atom. The first-order valence-corrected chi connectivity index (χ1v) is 0. The second-order valence-electron chi connectivity index (χ2n) is 0. The standard InChI is InChI=1S/Cr.3H3N.4H2O/h;3*1H3;4*1H2. The maximum Gasteiger partial charge on any atom is 0 e. The second kappa shape index (κ2) is 4450. The predicted molar refractivity (Wildman–Crippen MR) is 29.5 cm³/mol. The molecule has 0 saturated carbocycles. The third kappa shape index (κ3) is 2710. The molecular weight excluding hydrogens is 158 g/mol. The van der Waals surface area contributed by atoms with Gasteiger partial charge in [0.15, 0.2) is 0 Å². The van der Waals surface area contributed by atoms with Crippen molar-refractivity contribution in [3.63, 3.8) is 0 Å². The van der Waals surface area contributed by atoms with Crippen LogP contribution in [0.1, 0.15) is 0 Å². The molecule has 0 saturated heterocycles. The summed E-state index contributed by atoms with van der Waals surface area (Å²) in [6.07, 6.45) is 0. The molecule has 0 aliphatic rings. The van der Waals surface area contributed by atoms with E-state index in [0.717, 1.165) is 0 Å². The van der Waals surface area contributed by atoms with Gasteiger partial charge in [0.1, 0.15) is 0 Å². The van der Waals surface area contributed by atoms with Crippen LogP contribution in [-0.4, -0.2) is 21.9 Å². The topological polar surface area (TPSA) is 231 Å². The Kier molecular flexibility index (Phi) is 3790000. The van der Waals surface area contributed by atoms with Crippen LogP contribution in [-0.2, 0) is 17.4 Å². The Bertz CT molecular complexity index is 11.2. The van der Waals surface area contributed by atoms with Gasteiger partial charge in [-0.3, -0.25) is 0 Å². The summed E-state index contributed by atoms with van der Waals surface area (Å²) in [5, 5.41) is 0. The van der Waals surface area contributed by atoms with Crippen LogP contribution in [0.3, 0.4) is 0 Å². The fourth-order valence-electron chi connectivity index (χ4n) is 0. The zero-order valence-corrected chi connectivity index (χ0v) is 5.80. The molecule has 8 heavy (non-hydrogen) atoms. The van der Waals surface area contributed by atoms with E-state index < -0.39 is 0 Å². The van der Waals surface area contributed by atoms with Crippen molar-refractivity contribution in [2.75, 3.05) is 0 Å². The van der Waals surface area contributed by atoms with Gasteiger partial charge < -0.3 is 40.4 Å². The van der Waals surface area contributed by atoms with Gasteiger partial charge in [-0.05, 0) is 0 Å². The molecule has 0 aliphatic heterocycles. The molecule has 17 N–H and O–H groups in total. The molecular formula is H17CrN3O4. The molecule has 0 atom stereocenters. The van der Waals surface area contributed by atoms with Gasteiger partial charge in [-0.15, -0.1) is 0 Å². The first-order valence-electron chi connectivity index (χ1n) is 0. The summed E-state index contributed by atoms with van der Waals surface area (Å²) >= 11 is 0. The molecule has 0 aromatic rings. The van der Waals surface area contributed by atoms with Crippen LogP contribution in [0.25, 0.3) is 0 Å². The van der Waals surface area contributed by atoms with Crippen molar-refractivity contribution in [3.8, 4) is 0 Å². The van der Waals surface area contributed by atoms with Crippen molar-refractivity contribution in [2.24, 2.45) is 0 Å². The summed E-state index contributed by atoms with van der Waals surface area (Å²) in [6, 6.07) is 0. The first kappa shape index (κ1) is 6810. The third-order valence-electron chi connectivity index (χ3n) is 0. The molecule has 0 heterocycles. The maximum absolute atomic E-state index is 0. The number of rotatable bonds is 0. The van der Waals surface area contributed by atoms with E-state index in [-0.39, 0.29) is 57.7 Å². The van der Waals surface area contributed by atoms with Crippen LogP contribution in [0.4, 0.5) is 0 Å². The molecule has 0 radical (unpaired) electrons. The van der Waals surface area contributed by atoms with E-state index in [9.17, 15) is 0 Å². The van der Waals surface area contributed by atoms with E-state index in [1.807, 2.05) is 0 Å². The Morgan fingerprint density at radius 2 is 0.375 bits per heavy atom. The van der Waals surface area contributed by atoms with Crippen LogP contribution < -0.4 is 18.5 Å². The SMILES string of the molecule is N.N.N.O.O.O.O.[Cr]. The average Bonchev–Trinajstić information content (AvgIpc) is 0. The Labute approximate surface area is 58.6 Å². The monoisotopic (exact) mass is 175 g/mol. The van der Waals surface area contributed by atoms with Crippen molar-refractivity contribution in [1.82, 2.24) is 18.5 Å². The van der Waals surface area contributed by atoms with Crippen molar-refractivity contribution < 1.29 is 39.3 Å². The van der Waals surface area contributed by atoms with E-state index in [2.05, 4.69) is 0 Å². The van der Waals surface area contributed by atoms with E-state index >= 15 is 0 Å². The summed E-state index contributed by atoms with van der Waals surface area (Å²) in [5.74, 6) is 0. The molecule has 0 amide bonds. The van der Waals surface area contributed by atoms with E-state index in [4.69, 9.17) is 0 Å². The van der Waals surface area contributed by atoms with Crippen LogP contribution in [0.2, 0.25) is 0 Å². The van der Waals surface area contributed by atoms with Gasteiger partial charge >= 0.3 is 0 Å². The van der Waals surface area contributed by atoms with Crippen molar-refractivity contribution in [1.29, 1.82) is 0 Å². The zero-order chi connectivity index (χ0) is 0. The first-order chi connectivity index (χ1) is 0. The average molecular weight is 175 g/mol. The largest absolute Gasteiger partial charge is 0.412 e. The van der Waals surface area contributed by atoms with Gasteiger partial charge in [0, 0.05) is 17.4 Å². The van der Waals surface area contributed by atoms with E-state index in [0.29, 0.717) is 0 Å². The summed E-state index contributed by atoms with van der Waals surface area (Å²) < 4.78 is 0. The minimum atomic E-state index is 0. The molecule has 0 spiro atoms. The number of hydrogen-bond acceptors (Lipinski definition) is 3. The minimum absolute atomic E-state index is 0. The van der Waals surface area contributed by atoms with E-state index in [1.54, 1.807) is 0 Å². The van der Waals surface area contributed by atoms with Crippen LogP contribution in [0, 0.1) is 0 Å². The van der Waals surface area contributed by atoms with Crippen LogP contribution in [0.15, 0.2) is 0 Å².